The lowest BCUT2D eigenvalue weighted by atomic mass is 10.1. The van der Waals surface area contributed by atoms with Gasteiger partial charge in [0, 0.05) is 32.9 Å². The summed E-state index contributed by atoms with van der Waals surface area (Å²) in [4.78, 5) is 30.2. The molecular formula is C14H20N4O2. The quantitative estimate of drug-likeness (QED) is 0.779. The molecular weight excluding hydrogens is 256 g/mol. The van der Waals surface area contributed by atoms with Crippen LogP contribution in [0.25, 0.3) is 0 Å². The highest BCUT2D eigenvalue weighted by Crippen LogP contribution is 2.10. The standard InChI is InChI=1S/C14H20N4O2/c1-10-4-3-5-17-11(10)8-13(19)18-7-6-16-9-12(18)14(20)15-2/h3-5,12,16H,6-9H2,1-2H3,(H,15,20). The number of piperazine rings is 1. The van der Waals surface area contributed by atoms with Crippen LogP contribution in [0, 0.1) is 6.92 Å². The maximum atomic E-state index is 12.4. The molecule has 2 amide bonds. The fourth-order valence-electron chi connectivity index (χ4n) is 2.35. The number of hydrogen-bond acceptors (Lipinski definition) is 4. The van der Waals surface area contributed by atoms with E-state index >= 15 is 0 Å². The van der Waals surface area contributed by atoms with Crippen molar-refractivity contribution >= 4 is 11.8 Å². The van der Waals surface area contributed by atoms with E-state index in [1.807, 2.05) is 19.1 Å². The maximum absolute atomic E-state index is 12.4. The molecule has 0 aliphatic carbocycles. The molecule has 1 aromatic rings. The van der Waals surface area contributed by atoms with E-state index in [0.29, 0.717) is 19.6 Å². The van der Waals surface area contributed by atoms with Gasteiger partial charge in [-0.15, -0.1) is 0 Å². The number of likely N-dealkylation sites (N-methyl/N-ethyl adjacent to an activating group) is 1. The summed E-state index contributed by atoms with van der Waals surface area (Å²) in [6.07, 6.45) is 1.92. The number of nitrogens with one attached hydrogen (secondary N) is 2. The van der Waals surface area contributed by atoms with E-state index in [0.717, 1.165) is 11.3 Å². The molecule has 20 heavy (non-hydrogen) atoms. The largest absolute Gasteiger partial charge is 0.357 e. The molecule has 108 valence electrons. The summed E-state index contributed by atoms with van der Waals surface area (Å²) in [7, 11) is 1.59. The van der Waals surface area contributed by atoms with E-state index in [9.17, 15) is 9.59 Å². The number of aryl methyl sites for hydroxylation is 1. The second-order valence-corrected chi connectivity index (χ2v) is 4.87. The van der Waals surface area contributed by atoms with Crippen LogP contribution in [0.4, 0.5) is 0 Å². The van der Waals surface area contributed by atoms with Crippen LogP contribution in [0.5, 0.6) is 0 Å². The smallest absolute Gasteiger partial charge is 0.243 e. The molecule has 0 radical (unpaired) electrons. The molecule has 1 unspecified atom stereocenters. The molecule has 1 aliphatic heterocycles. The molecule has 0 bridgehead atoms. The average molecular weight is 276 g/mol. The Morgan fingerprint density at radius 2 is 2.35 bits per heavy atom. The van der Waals surface area contributed by atoms with Gasteiger partial charge in [0.25, 0.3) is 0 Å². The van der Waals surface area contributed by atoms with Crippen molar-refractivity contribution in [1.82, 2.24) is 20.5 Å². The van der Waals surface area contributed by atoms with Gasteiger partial charge in [0.2, 0.25) is 11.8 Å². The zero-order chi connectivity index (χ0) is 14.5. The molecule has 1 aliphatic rings. The Morgan fingerprint density at radius 3 is 3.05 bits per heavy atom. The number of hydrogen-bond donors (Lipinski definition) is 2. The van der Waals surface area contributed by atoms with Gasteiger partial charge < -0.3 is 15.5 Å². The van der Waals surface area contributed by atoms with E-state index < -0.39 is 6.04 Å². The molecule has 6 heteroatoms. The zero-order valence-corrected chi connectivity index (χ0v) is 11.8. The van der Waals surface area contributed by atoms with E-state index in [1.54, 1.807) is 18.1 Å². The summed E-state index contributed by atoms with van der Waals surface area (Å²) in [6, 6.07) is 3.34. The van der Waals surface area contributed by atoms with Crippen LogP contribution in [0.15, 0.2) is 18.3 Å². The van der Waals surface area contributed by atoms with Crippen molar-refractivity contribution in [3.8, 4) is 0 Å². The van der Waals surface area contributed by atoms with Crippen LogP contribution in [0.1, 0.15) is 11.3 Å². The lowest BCUT2D eigenvalue weighted by Gasteiger charge is -2.35. The molecule has 1 fully saturated rings. The fourth-order valence-corrected chi connectivity index (χ4v) is 2.35. The predicted octanol–water partition coefficient (Wildman–Crippen LogP) is -0.521. The third kappa shape index (κ3) is 3.14. The highest BCUT2D eigenvalue weighted by atomic mass is 16.2. The van der Waals surface area contributed by atoms with Crippen LogP contribution >= 0.6 is 0 Å². The van der Waals surface area contributed by atoms with Gasteiger partial charge in [0.1, 0.15) is 6.04 Å². The normalized spacial score (nSPS) is 18.7. The molecule has 6 nitrogen and oxygen atoms in total. The minimum Gasteiger partial charge on any atom is -0.357 e. The number of aromatic nitrogens is 1. The minimum atomic E-state index is -0.440. The maximum Gasteiger partial charge on any atom is 0.243 e. The predicted molar refractivity (Wildman–Crippen MR) is 75.1 cm³/mol. The van der Waals surface area contributed by atoms with Gasteiger partial charge in [0.15, 0.2) is 0 Å². The molecule has 2 rings (SSSR count). The monoisotopic (exact) mass is 276 g/mol. The van der Waals surface area contributed by atoms with E-state index in [-0.39, 0.29) is 18.2 Å². The Morgan fingerprint density at radius 1 is 1.55 bits per heavy atom. The summed E-state index contributed by atoms with van der Waals surface area (Å²) in [5.41, 5.74) is 1.76. The SMILES string of the molecule is CNC(=O)C1CNCCN1C(=O)Cc1ncccc1C. The average Bonchev–Trinajstić information content (AvgIpc) is 2.48. The van der Waals surface area contributed by atoms with Crippen LogP contribution in [0.3, 0.4) is 0 Å². The van der Waals surface area contributed by atoms with Crippen LogP contribution in [0.2, 0.25) is 0 Å². The molecule has 0 aromatic carbocycles. The highest BCUT2D eigenvalue weighted by Gasteiger charge is 2.31. The van der Waals surface area contributed by atoms with Crippen molar-refractivity contribution in [3.05, 3.63) is 29.6 Å². The van der Waals surface area contributed by atoms with Crippen molar-refractivity contribution in [3.63, 3.8) is 0 Å². The number of carbonyl (C=O) groups is 2. The van der Waals surface area contributed by atoms with E-state index in [2.05, 4.69) is 15.6 Å². The van der Waals surface area contributed by atoms with Crippen LogP contribution in [-0.4, -0.2) is 54.4 Å². The summed E-state index contributed by atoms with van der Waals surface area (Å²) < 4.78 is 0. The lowest BCUT2D eigenvalue weighted by Crippen LogP contribution is -2.59. The van der Waals surface area contributed by atoms with Crippen molar-refractivity contribution < 1.29 is 9.59 Å². The molecule has 1 saturated heterocycles. The number of amides is 2. The first kappa shape index (κ1) is 14.5. The first-order valence-electron chi connectivity index (χ1n) is 6.75. The number of nitrogens with zero attached hydrogens (tertiary/aromatic N) is 2. The van der Waals surface area contributed by atoms with E-state index in [4.69, 9.17) is 0 Å². The number of carbonyl (C=O) groups excluding carboxylic acids is 2. The Kier molecular flexibility index (Phi) is 4.68. The van der Waals surface area contributed by atoms with Crippen LogP contribution < -0.4 is 10.6 Å². The topological polar surface area (TPSA) is 74.3 Å². The fraction of sp³-hybridized carbons (Fsp3) is 0.500. The molecule has 0 spiro atoms. The van der Waals surface area contributed by atoms with Crippen molar-refractivity contribution in [2.24, 2.45) is 0 Å². The minimum absolute atomic E-state index is 0.0538. The Bertz CT molecular complexity index is 504. The summed E-state index contributed by atoms with van der Waals surface area (Å²) in [5.74, 6) is -0.190. The van der Waals surface area contributed by atoms with Gasteiger partial charge in [-0.3, -0.25) is 14.6 Å². The first-order valence-corrected chi connectivity index (χ1v) is 6.75. The van der Waals surface area contributed by atoms with Gasteiger partial charge in [-0.1, -0.05) is 6.07 Å². The van der Waals surface area contributed by atoms with Crippen molar-refractivity contribution in [2.45, 2.75) is 19.4 Å². The first-order chi connectivity index (χ1) is 9.63. The Labute approximate surface area is 118 Å². The summed E-state index contributed by atoms with van der Waals surface area (Å²) in [6.45, 7) is 3.68. The van der Waals surface area contributed by atoms with Crippen molar-refractivity contribution in [1.29, 1.82) is 0 Å². The van der Waals surface area contributed by atoms with Crippen molar-refractivity contribution in [2.75, 3.05) is 26.7 Å². The van der Waals surface area contributed by atoms with Crippen LogP contribution in [-0.2, 0) is 16.0 Å². The second-order valence-electron chi connectivity index (χ2n) is 4.87. The van der Waals surface area contributed by atoms with Gasteiger partial charge in [0.05, 0.1) is 12.1 Å². The zero-order valence-electron chi connectivity index (χ0n) is 11.8. The molecule has 2 heterocycles. The molecule has 0 saturated carbocycles. The number of pyridine rings is 1. The number of rotatable bonds is 3. The molecule has 2 N–H and O–H groups in total. The van der Waals surface area contributed by atoms with Gasteiger partial charge in [-0.2, -0.15) is 0 Å². The molecule has 1 aromatic heterocycles. The third-order valence-electron chi connectivity index (χ3n) is 3.55. The van der Waals surface area contributed by atoms with E-state index in [1.165, 1.54) is 0 Å². The Balaban J connectivity index is 2.10. The van der Waals surface area contributed by atoms with Gasteiger partial charge >= 0.3 is 0 Å². The molecule has 1 atom stereocenters. The second kappa shape index (κ2) is 6.47. The highest BCUT2D eigenvalue weighted by molar-refractivity contribution is 5.88. The van der Waals surface area contributed by atoms with Gasteiger partial charge in [-0.25, -0.2) is 0 Å². The lowest BCUT2D eigenvalue weighted by molar-refractivity contribution is -0.140. The van der Waals surface area contributed by atoms with Gasteiger partial charge in [-0.05, 0) is 18.6 Å². The third-order valence-corrected chi connectivity index (χ3v) is 3.55. The summed E-state index contributed by atoms with van der Waals surface area (Å²) >= 11 is 0. The Hall–Kier alpha value is -1.95. The summed E-state index contributed by atoms with van der Waals surface area (Å²) in [5, 5.41) is 5.75.